The third-order valence-corrected chi connectivity index (χ3v) is 3.74. The molecule has 1 amide bonds. The van der Waals surface area contributed by atoms with Gasteiger partial charge in [-0.05, 0) is 30.9 Å². The van der Waals surface area contributed by atoms with Crippen molar-refractivity contribution in [3.8, 4) is 5.75 Å². The Morgan fingerprint density at radius 2 is 2.10 bits per heavy atom. The van der Waals surface area contributed by atoms with Gasteiger partial charge in [0.2, 0.25) is 0 Å². The molecular weight excluding hydrogens is 254 g/mol. The summed E-state index contributed by atoms with van der Waals surface area (Å²) in [7, 11) is 1.52. The summed E-state index contributed by atoms with van der Waals surface area (Å²) in [4.78, 5) is 11.1. The molecule has 0 radical (unpaired) electrons. The van der Waals surface area contributed by atoms with Gasteiger partial charge in [-0.1, -0.05) is 19.3 Å². The standard InChI is InChI=1S/C15H23N3O2/c1-17-15(19)20-12-7-8-14(13(16)9-12)18-10-11-5-3-2-4-6-11/h7-9,11,18H,2-6,10,16H2,1H3,(H,17,19). The molecule has 0 aromatic heterocycles. The maximum absolute atomic E-state index is 11.1. The maximum atomic E-state index is 11.1. The molecule has 1 aliphatic carbocycles. The predicted octanol–water partition coefficient (Wildman–Crippen LogP) is 2.98. The van der Waals surface area contributed by atoms with Gasteiger partial charge >= 0.3 is 6.09 Å². The van der Waals surface area contributed by atoms with Gasteiger partial charge < -0.3 is 21.1 Å². The van der Waals surface area contributed by atoms with E-state index in [-0.39, 0.29) is 0 Å². The summed E-state index contributed by atoms with van der Waals surface area (Å²) < 4.78 is 5.04. The average Bonchev–Trinajstić information content (AvgIpc) is 2.47. The van der Waals surface area contributed by atoms with Crippen LogP contribution in [0.15, 0.2) is 18.2 Å². The number of carbonyl (C=O) groups is 1. The highest BCUT2D eigenvalue weighted by Crippen LogP contribution is 2.27. The number of rotatable bonds is 4. The molecular formula is C15H23N3O2. The highest BCUT2D eigenvalue weighted by Gasteiger charge is 2.13. The summed E-state index contributed by atoms with van der Waals surface area (Å²) in [5.74, 6) is 1.19. The number of amides is 1. The summed E-state index contributed by atoms with van der Waals surface area (Å²) >= 11 is 0. The lowest BCUT2D eigenvalue weighted by atomic mass is 9.89. The van der Waals surface area contributed by atoms with Crippen molar-refractivity contribution in [1.29, 1.82) is 0 Å². The van der Waals surface area contributed by atoms with Gasteiger partial charge in [-0.3, -0.25) is 0 Å². The second-order valence-electron chi connectivity index (χ2n) is 5.27. The fourth-order valence-corrected chi connectivity index (χ4v) is 2.57. The van der Waals surface area contributed by atoms with Crippen LogP contribution >= 0.6 is 0 Å². The molecule has 4 N–H and O–H groups in total. The van der Waals surface area contributed by atoms with Crippen molar-refractivity contribution in [3.63, 3.8) is 0 Å². The Morgan fingerprint density at radius 1 is 1.35 bits per heavy atom. The van der Waals surface area contributed by atoms with Gasteiger partial charge in [-0.25, -0.2) is 4.79 Å². The molecule has 1 aromatic rings. The summed E-state index contributed by atoms with van der Waals surface area (Å²) in [6.45, 7) is 0.958. The molecule has 2 rings (SSSR count). The van der Waals surface area contributed by atoms with E-state index < -0.39 is 6.09 Å². The first-order valence-electron chi connectivity index (χ1n) is 7.22. The third-order valence-electron chi connectivity index (χ3n) is 3.74. The summed E-state index contributed by atoms with van der Waals surface area (Å²) in [5, 5.41) is 5.79. The van der Waals surface area contributed by atoms with Crippen molar-refractivity contribution in [2.45, 2.75) is 32.1 Å². The maximum Gasteiger partial charge on any atom is 0.412 e. The zero-order valence-corrected chi connectivity index (χ0v) is 11.9. The molecule has 1 saturated carbocycles. The normalized spacial score (nSPS) is 15.7. The Kier molecular flexibility index (Phi) is 5.09. The first kappa shape index (κ1) is 14.5. The van der Waals surface area contributed by atoms with E-state index in [0.717, 1.165) is 18.2 Å². The Bertz CT molecular complexity index is 456. The zero-order valence-electron chi connectivity index (χ0n) is 11.9. The van der Waals surface area contributed by atoms with Gasteiger partial charge in [0.1, 0.15) is 5.75 Å². The number of carbonyl (C=O) groups excluding carboxylic acids is 1. The van der Waals surface area contributed by atoms with Crippen LogP contribution in [-0.2, 0) is 0 Å². The highest BCUT2D eigenvalue weighted by molar-refractivity contribution is 5.73. The number of ether oxygens (including phenoxy) is 1. The van der Waals surface area contributed by atoms with Crippen LogP contribution in [0, 0.1) is 5.92 Å². The van der Waals surface area contributed by atoms with Gasteiger partial charge in [0.05, 0.1) is 11.4 Å². The van der Waals surface area contributed by atoms with Crippen molar-refractivity contribution >= 4 is 17.5 Å². The molecule has 0 bridgehead atoms. The number of nitrogens with one attached hydrogen (secondary N) is 2. The molecule has 0 atom stereocenters. The number of anilines is 2. The number of benzene rings is 1. The molecule has 110 valence electrons. The summed E-state index contributed by atoms with van der Waals surface area (Å²) in [6.07, 6.45) is 6.13. The van der Waals surface area contributed by atoms with Crippen LogP contribution in [0.3, 0.4) is 0 Å². The molecule has 1 fully saturated rings. The van der Waals surface area contributed by atoms with Crippen LogP contribution in [0.2, 0.25) is 0 Å². The topological polar surface area (TPSA) is 76.4 Å². The molecule has 0 aliphatic heterocycles. The Balaban J connectivity index is 1.90. The first-order chi connectivity index (χ1) is 9.69. The number of hydrogen-bond acceptors (Lipinski definition) is 4. The largest absolute Gasteiger partial charge is 0.412 e. The summed E-state index contributed by atoms with van der Waals surface area (Å²) in [6, 6.07) is 5.27. The number of nitrogens with two attached hydrogens (primary N) is 1. The quantitative estimate of drug-likeness (QED) is 0.739. The van der Waals surface area contributed by atoms with Crippen LogP contribution in [-0.4, -0.2) is 19.7 Å². The van der Waals surface area contributed by atoms with Gasteiger partial charge in [-0.2, -0.15) is 0 Å². The zero-order chi connectivity index (χ0) is 14.4. The van der Waals surface area contributed by atoms with Crippen molar-refractivity contribution in [3.05, 3.63) is 18.2 Å². The SMILES string of the molecule is CNC(=O)Oc1ccc(NCC2CCCCC2)c(N)c1. The lowest BCUT2D eigenvalue weighted by Crippen LogP contribution is -2.22. The van der Waals surface area contributed by atoms with Gasteiger partial charge in [0.25, 0.3) is 0 Å². The molecule has 5 nitrogen and oxygen atoms in total. The fraction of sp³-hybridized carbons (Fsp3) is 0.533. The molecule has 0 spiro atoms. The molecule has 20 heavy (non-hydrogen) atoms. The van der Waals surface area contributed by atoms with Crippen LogP contribution in [0.4, 0.5) is 16.2 Å². The lowest BCUT2D eigenvalue weighted by Gasteiger charge is -2.22. The number of hydrogen-bond donors (Lipinski definition) is 3. The number of nitrogen functional groups attached to an aromatic ring is 1. The van der Waals surface area contributed by atoms with Crippen LogP contribution in [0.1, 0.15) is 32.1 Å². The minimum Gasteiger partial charge on any atom is -0.410 e. The van der Waals surface area contributed by atoms with Crippen LogP contribution < -0.4 is 21.1 Å². The predicted molar refractivity (Wildman–Crippen MR) is 81.0 cm³/mol. The molecule has 0 saturated heterocycles. The minimum absolute atomic E-state index is 0.449. The smallest absolute Gasteiger partial charge is 0.410 e. The van der Waals surface area contributed by atoms with Crippen molar-refractivity contribution in [2.24, 2.45) is 5.92 Å². The second-order valence-corrected chi connectivity index (χ2v) is 5.27. The lowest BCUT2D eigenvalue weighted by molar-refractivity contribution is 0.203. The van der Waals surface area contributed by atoms with Crippen molar-refractivity contribution in [1.82, 2.24) is 5.32 Å². The first-order valence-corrected chi connectivity index (χ1v) is 7.22. The van der Waals surface area contributed by atoms with E-state index in [1.165, 1.54) is 39.2 Å². The van der Waals surface area contributed by atoms with Crippen molar-refractivity contribution in [2.75, 3.05) is 24.6 Å². The molecule has 5 heteroatoms. The van der Waals surface area contributed by atoms with Gasteiger partial charge in [-0.15, -0.1) is 0 Å². The summed E-state index contributed by atoms with van der Waals surface area (Å²) in [5.41, 5.74) is 7.48. The second kappa shape index (κ2) is 7.03. The third kappa shape index (κ3) is 4.05. The van der Waals surface area contributed by atoms with E-state index in [2.05, 4.69) is 10.6 Å². The highest BCUT2D eigenvalue weighted by atomic mass is 16.5. The molecule has 0 unspecified atom stereocenters. The molecule has 1 aromatic carbocycles. The molecule has 1 aliphatic rings. The van der Waals surface area contributed by atoms with Crippen molar-refractivity contribution < 1.29 is 9.53 Å². The van der Waals surface area contributed by atoms with E-state index in [0.29, 0.717) is 11.4 Å². The Morgan fingerprint density at radius 3 is 2.75 bits per heavy atom. The van der Waals surface area contributed by atoms with E-state index in [4.69, 9.17) is 10.5 Å². The van der Waals surface area contributed by atoms with E-state index >= 15 is 0 Å². The van der Waals surface area contributed by atoms with Crippen LogP contribution in [0.5, 0.6) is 5.75 Å². The van der Waals surface area contributed by atoms with E-state index in [9.17, 15) is 4.79 Å². The van der Waals surface area contributed by atoms with E-state index in [1.54, 1.807) is 12.1 Å². The van der Waals surface area contributed by atoms with E-state index in [1.807, 2.05) is 6.07 Å². The van der Waals surface area contributed by atoms with Gasteiger partial charge in [0.15, 0.2) is 0 Å². The minimum atomic E-state index is -0.493. The fourth-order valence-electron chi connectivity index (χ4n) is 2.57. The van der Waals surface area contributed by atoms with Gasteiger partial charge in [0, 0.05) is 19.7 Å². The Hall–Kier alpha value is -1.91. The van der Waals surface area contributed by atoms with Crippen LogP contribution in [0.25, 0.3) is 0 Å². The Labute approximate surface area is 119 Å². The molecule has 0 heterocycles. The monoisotopic (exact) mass is 277 g/mol. The average molecular weight is 277 g/mol.